The molecule has 1 aliphatic carbocycles. The first-order chi connectivity index (χ1) is 19.8. The van der Waals surface area contributed by atoms with E-state index in [-0.39, 0.29) is 23.8 Å². The molecule has 0 atom stereocenters. The quantitative estimate of drug-likeness (QED) is 0.106. The third-order valence-electron chi connectivity index (χ3n) is 6.99. The molecule has 3 aromatic carbocycles. The summed E-state index contributed by atoms with van der Waals surface area (Å²) in [4.78, 5) is 29.0. The van der Waals surface area contributed by atoms with Crippen molar-refractivity contribution in [2.75, 3.05) is 6.61 Å². The van der Waals surface area contributed by atoms with Crippen molar-refractivity contribution in [3.05, 3.63) is 102 Å². The molecule has 5 rings (SSSR count). The van der Waals surface area contributed by atoms with Gasteiger partial charge in [0.1, 0.15) is 12.4 Å². The molecule has 1 aromatic heterocycles. The Hall–Kier alpha value is -3.76. The molecular formula is C30H28BrClN4O5. The first-order valence-corrected chi connectivity index (χ1v) is 14.6. The minimum Gasteiger partial charge on any atom is -0.490 e. The average Bonchev–Trinajstić information content (AvgIpc) is 2.97. The molecule has 41 heavy (non-hydrogen) atoms. The van der Waals surface area contributed by atoms with Crippen LogP contribution in [0.1, 0.15) is 61.9 Å². The summed E-state index contributed by atoms with van der Waals surface area (Å²) >= 11 is 10.1. The second-order valence-electron chi connectivity index (χ2n) is 9.80. The molecule has 0 amide bonds. The van der Waals surface area contributed by atoms with Crippen LogP contribution in [0.4, 0.5) is 5.69 Å². The lowest BCUT2D eigenvalue weighted by molar-refractivity contribution is -0.384. The number of fused-ring (bicyclic) bond motifs is 1. The number of benzene rings is 3. The zero-order valence-corrected chi connectivity index (χ0v) is 24.7. The van der Waals surface area contributed by atoms with Crippen molar-refractivity contribution in [1.29, 1.82) is 0 Å². The molecule has 0 saturated heterocycles. The number of nitro groups is 1. The minimum atomic E-state index is -0.450. The fourth-order valence-electron chi connectivity index (χ4n) is 4.96. The third kappa shape index (κ3) is 6.60. The predicted octanol–water partition coefficient (Wildman–Crippen LogP) is 7.63. The van der Waals surface area contributed by atoms with E-state index >= 15 is 0 Å². The highest BCUT2D eigenvalue weighted by atomic mass is 79.9. The van der Waals surface area contributed by atoms with Gasteiger partial charge in [-0.25, -0.2) is 4.98 Å². The van der Waals surface area contributed by atoms with Gasteiger partial charge in [-0.15, -0.1) is 0 Å². The highest BCUT2D eigenvalue weighted by Gasteiger charge is 2.23. The molecule has 4 aromatic rings. The highest BCUT2D eigenvalue weighted by molar-refractivity contribution is 9.10. The van der Waals surface area contributed by atoms with Crippen molar-refractivity contribution in [3.63, 3.8) is 0 Å². The SMILES string of the molecule is CCOc1cc(C=Nn2c(C3CCCCC3)nc3ccc(Br)cc3c2=O)cc(Cl)c1OCc1ccc([N+](=O)[O-])cc1. The Morgan fingerprint density at radius 2 is 1.88 bits per heavy atom. The molecule has 0 N–H and O–H groups in total. The van der Waals surface area contributed by atoms with Crippen LogP contribution in [0.2, 0.25) is 5.02 Å². The van der Waals surface area contributed by atoms with Gasteiger partial charge >= 0.3 is 0 Å². The largest absolute Gasteiger partial charge is 0.490 e. The van der Waals surface area contributed by atoms with Crippen molar-refractivity contribution in [2.24, 2.45) is 5.10 Å². The Labute approximate surface area is 250 Å². The second kappa shape index (κ2) is 12.8. The van der Waals surface area contributed by atoms with Gasteiger partial charge in [0.15, 0.2) is 11.5 Å². The molecule has 1 heterocycles. The van der Waals surface area contributed by atoms with E-state index in [4.69, 9.17) is 26.1 Å². The predicted molar refractivity (Wildman–Crippen MR) is 163 cm³/mol. The molecule has 1 aliphatic rings. The molecule has 0 radical (unpaired) electrons. The van der Waals surface area contributed by atoms with Crippen LogP contribution in [0.3, 0.4) is 0 Å². The van der Waals surface area contributed by atoms with E-state index in [1.807, 2.05) is 19.1 Å². The molecule has 11 heteroatoms. The van der Waals surface area contributed by atoms with Crippen LogP contribution >= 0.6 is 27.5 Å². The van der Waals surface area contributed by atoms with Crippen molar-refractivity contribution in [3.8, 4) is 11.5 Å². The molecule has 212 valence electrons. The first kappa shape index (κ1) is 28.8. The number of aromatic nitrogens is 2. The maximum atomic E-state index is 13.6. The molecule has 0 unspecified atom stereocenters. The molecule has 0 spiro atoms. The molecule has 1 fully saturated rings. The van der Waals surface area contributed by atoms with Gasteiger partial charge in [0.25, 0.3) is 11.2 Å². The second-order valence-corrected chi connectivity index (χ2v) is 11.1. The third-order valence-corrected chi connectivity index (χ3v) is 7.76. The van der Waals surface area contributed by atoms with E-state index < -0.39 is 4.92 Å². The van der Waals surface area contributed by atoms with Crippen LogP contribution in [0.5, 0.6) is 11.5 Å². The number of nitrogens with zero attached hydrogens (tertiary/aromatic N) is 4. The zero-order chi connectivity index (χ0) is 28.9. The van der Waals surface area contributed by atoms with Gasteiger partial charge in [0, 0.05) is 22.5 Å². The minimum absolute atomic E-state index is 0.00502. The van der Waals surface area contributed by atoms with E-state index in [1.165, 1.54) is 23.2 Å². The first-order valence-electron chi connectivity index (χ1n) is 13.4. The van der Waals surface area contributed by atoms with Crippen LogP contribution < -0.4 is 15.0 Å². The maximum Gasteiger partial charge on any atom is 0.282 e. The lowest BCUT2D eigenvalue weighted by Gasteiger charge is -2.22. The number of nitro benzene ring substituents is 1. The van der Waals surface area contributed by atoms with Gasteiger partial charge in [-0.2, -0.15) is 9.78 Å². The Kier molecular flexibility index (Phi) is 8.99. The summed E-state index contributed by atoms with van der Waals surface area (Å²) in [5.74, 6) is 1.59. The summed E-state index contributed by atoms with van der Waals surface area (Å²) in [6.07, 6.45) is 6.88. The Morgan fingerprint density at radius 3 is 2.59 bits per heavy atom. The number of rotatable bonds is 9. The smallest absolute Gasteiger partial charge is 0.282 e. The normalized spacial score (nSPS) is 14.0. The summed E-state index contributed by atoms with van der Waals surface area (Å²) in [6.45, 7) is 2.37. The van der Waals surface area contributed by atoms with Crippen molar-refractivity contribution < 1.29 is 14.4 Å². The molecule has 0 bridgehead atoms. The number of non-ortho nitro benzene ring substituents is 1. The molecule has 9 nitrogen and oxygen atoms in total. The van der Waals surface area contributed by atoms with Gasteiger partial charge in [-0.05, 0) is 73.4 Å². The fourth-order valence-corrected chi connectivity index (χ4v) is 5.60. The van der Waals surface area contributed by atoms with Crippen LogP contribution in [-0.2, 0) is 6.61 Å². The molecule has 0 aliphatic heterocycles. The topological polar surface area (TPSA) is 109 Å². The van der Waals surface area contributed by atoms with E-state index in [0.717, 1.165) is 35.7 Å². The number of hydrogen-bond acceptors (Lipinski definition) is 7. The van der Waals surface area contributed by atoms with Gasteiger partial charge in [-0.3, -0.25) is 14.9 Å². The van der Waals surface area contributed by atoms with Crippen molar-refractivity contribution in [2.45, 2.75) is 51.6 Å². The maximum absolute atomic E-state index is 13.6. The lowest BCUT2D eigenvalue weighted by atomic mass is 9.88. The van der Waals surface area contributed by atoms with Crippen molar-refractivity contribution in [1.82, 2.24) is 9.66 Å². The summed E-state index contributed by atoms with van der Waals surface area (Å²) in [7, 11) is 0. The van der Waals surface area contributed by atoms with Crippen molar-refractivity contribution >= 4 is 50.3 Å². The molecule has 1 saturated carbocycles. The van der Waals surface area contributed by atoms with E-state index in [9.17, 15) is 14.9 Å². The zero-order valence-electron chi connectivity index (χ0n) is 22.4. The Bertz CT molecular complexity index is 1670. The van der Waals surface area contributed by atoms with Gasteiger partial charge in [0.2, 0.25) is 0 Å². The highest BCUT2D eigenvalue weighted by Crippen LogP contribution is 2.37. The monoisotopic (exact) mass is 638 g/mol. The van der Waals surface area contributed by atoms with Gasteiger partial charge in [-0.1, -0.05) is 46.8 Å². The Balaban J connectivity index is 1.47. The fraction of sp³-hybridized carbons (Fsp3) is 0.300. The Morgan fingerprint density at radius 1 is 1.12 bits per heavy atom. The summed E-state index contributed by atoms with van der Waals surface area (Å²) in [5.41, 5.74) is 1.79. The van der Waals surface area contributed by atoms with E-state index in [0.29, 0.717) is 45.4 Å². The number of halogens is 2. The van der Waals surface area contributed by atoms with Crippen LogP contribution in [-0.4, -0.2) is 27.4 Å². The van der Waals surface area contributed by atoms with E-state index in [1.54, 1.807) is 36.5 Å². The standard InChI is InChI=1S/C30H28BrClN4O5/c1-2-40-27-15-20(14-25(32)28(27)41-18-19-8-11-23(12-9-19)36(38)39)17-33-35-29(21-6-4-3-5-7-21)34-26-13-10-22(31)16-24(26)30(35)37/h8-17,21H,2-7,18H2,1H3. The van der Waals surface area contributed by atoms with Gasteiger partial charge < -0.3 is 9.47 Å². The number of ether oxygens (including phenoxy) is 2. The van der Waals surface area contributed by atoms with Crippen LogP contribution in [0.15, 0.2) is 69.0 Å². The summed E-state index contributed by atoms with van der Waals surface area (Å²) in [6, 6.07) is 15.1. The number of hydrogen-bond donors (Lipinski definition) is 0. The van der Waals surface area contributed by atoms with Gasteiger partial charge in [0.05, 0.1) is 33.7 Å². The van der Waals surface area contributed by atoms with E-state index in [2.05, 4.69) is 21.0 Å². The summed E-state index contributed by atoms with van der Waals surface area (Å²) in [5, 5.41) is 16.3. The lowest BCUT2D eigenvalue weighted by Crippen LogP contribution is -2.25. The summed E-state index contributed by atoms with van der Waals surface area (Å²) < 4.78 is 14.0. The average molecular weight is 640 g/mol. The van der Waals surface area contributed by atoms with Crippen LogP contribution in [0, 0.1) is 10.1 Å². The molecular weight excluding hydrogens is 612 g/mol. The van der Waals surface area contributed by atoms with Crippen LogP contribution in [0.25, 0.3) is 10.9 Å².